The highest BCUT2D eigenvalue weighted by molar-refractivity contribution is 6.74. The van der Waals surface area contributed by atoms with Gasteiger partial charge in [0.05, 0.1) is 13.7 Å². The van der Waals surface area contributed by atoms with E-state index in [1.54, 1.807) is 7.11 Å². The second-order valence-electron chi connectivity index (χ2n) is 6.55. The molecule has 0 aromatic heterocycles. The molecule has 0 saturated heterocycles. The molecule has 1 N–H and O–H groups in total. The van der Waals surface area contributed by atoms with Crippen LogP contribution in [0.1, 0.15) is 32.4 Å². The summed E-state index contributed by atoms with van der Waals surface area (Å²) in [5.74, 6) is 6.51. The van der Waals surface area contributed by atoms with Crippen molar-refractivity contribution < 1.29 is 14.3 Å². The van der Waals surface area contributed by atoms with Crippen molar-refractivity contribution in [2.45, 2.75) is 45.0 Å². The zero-order valence-corrected chi connectivity index (χ0v) is 14.9. The Kier molecular flexibility index (Phi) is 6.03. The van der Waals surface area contributed by atoms with Gasteiger partial charge in [0.15, 0.2) is 8.32 Å². The molecule has 1 rings (SSSR count). The lowest BCUT2D eigenvalue weighted by Gasteiger charge is -2.35. The van der Waals surface area contributed by atoms with Crippen LogP contribution in [0.2, 0.25) is 18.1 Å². The smallest absolute Gasteiger partial charge is 0.193 e. The van der Waals surface area contributed by atoms with Gasteiger partial charge >= 0.3 is 0 Å². The summed E-state index contributed by atoms with van der Waals surface area (Å²) in [5, 5.41) is 10.2. The second-order valence-corrected chi connectivity index (χ2v) is 11.4. The lowest BCUT2D eigenvalue weighted by Crippen LogP contribution is -2.40. The van der Waals surface area contributed by atoms with E-state index in [9.17, 15) is 5.11 Å². The third-order valence-corrected chi connectivity index (χ3v) is 8.46. The summed E-state index contributed by atoms with van der Waals surface area (Å²) in [4.78, 5) is 0. The lowest BCUT2D eigenvalue weighted by molar-refractivity contribution is 0.237. The van der Waals surface area contributed by atoms with Crippen LogP contribution in [-0.4, -0.2) is 27.1 Å². The van der Waals surface area contributed by atoms with Crippen molar-refractivity contribution in [1.82, 2.24) is 0 Å². The van der Waals surface area contributed by atoms with Crippen molar-refractivity contribution >= 4 is 8.32 Å². The molecule has 3 nitrogen and oxygen atoms in total. The Morgan fingerprint density at radius 1 is 1.19 bits per heavy atom. The second kappa shape index (κ2) is 7.12. The van der Waals surface area contributed by atoms with Crippen LogP contribution in [0, 0.1) is 11.8 Å². The number of methoxy groups -OCH3 is 1. The molecule has 0 saturated carbocycles. The normalized spacial score (nSPS) is 13.3. The number of aliphatic hydroxyl groups is 1. The Morgan fingerprint density at radius 3 is 2.24 bits per heavy atom. The number of aliphatic hydroxyl groups excluding tert-OH is 1. The van der Waals surface area contributed by atoms with Gasteiger partial charge in [0, 0.05) is 0 Å². The number of hydrogen-bond acceptors (Lipinski definition) is 3. The quantitative estimate of drug-likeness (QED) is 0.680. The SMILES string of the molecule is COc1ccc(C(O)C#CCO[Si](C)(C)C(C)(C)C)cc1. The van der Waals surface area contributed by atoms with Crippen LogP contribution in [0.15, 0.2) is 24.3 Å². The fraction of sp³-hybridized carbons (Fsp3) is 0.529. The first-order valence-corrected chi connectivity index (χ1v) is 10.0. The first-order valence-electron chi connectivity index (χ1n) is 7.12. The third kappa shape index (κ3) is 5.20. The van der Waals surface area contributed by atoms with Crippen LogP contribution in [0.25, 0.3) is 0 Å². The molecular formula is C17H26O3Si. The first kappa shape index (κ1) is 17.8. The van der Waals surface area contributed by atoms with E-state index in [0.717, 1.165) is 11.3 Å². The molecule has 0 radical (unpaired) electrons. The number of ether oxygens (including phenoxy) is 1. The minimum atomic E-state index is -1.77. The van der Waals surface area contributed by atoms with Gasteiger partial charge in [-0.15, -0.1) is 0 Å². The Bertz CT molecular complexity index is 504. The molecule has 0 heterocycles. The summed E-state index contributed by atoms with van der Waals surface area (Å²) in [6.45, 7) is 11.3. The van der Waals surface area contributed by atoms with E-state index in [1.807, 2.05) is 24.3 Å². The largest absolute Gasteiger partial charge is 0.497 e. The van der Waals surface area contributed by atoms with Gasteiger partial charge < -0.3 is 14.3 Å². The molecular weight excluding hydrogens is 280 g/mol. The average molecular weight is 306 g/mol. The molecule has 0 amide bonds. The van der Waals surface area contributed by atoms with Gasteiger partial charge in [-0.25, -0.2) is 0 Å². The summed E-state index contributed by atoms with van der Waals surface area (Å²) >= 11 is 0. The van der Waals surface area contributed by atoms with Crippen molar-refractivity contribution in [2.75, 3.05) is 13.7 Å². The van der Waals surface area contributed by atoms with E-state index in [1.165, 1.54) is 0 Å². The predicted octanol–water partition coefficient (Wildman–Crippen LogP) is 3.75. The Morgan fingerprint density at radius 2 is 1.76 bits per heavy atom. The maximum atomic E-state index is 10.0. The van der Waals surface area contributed by atoms with Crippen molar-refractivity contribution in [3.63, 3.8) is 0 Å². The van der Waals surface area contributed by atoms with E-state index >= 15 is 0 Å². The molecule has 4 heteroatoms. The zero-order chi connectivity index (χ0) is 16.1. The highest BCUT2D eigenvalue weighted by Crippen LogP contribution is 2.36. The molecule has 0 aliphatic carbocycles. The maximum Gasteiger partial charge on any atom is 0.193 e. The zero-order valence-electron chi connectivity index (χ0n) is 13.9. The molecule has 1 aromatic carbocycles. The molecule has 1 unspecified atom stereocenters. The minimum absolute atomic E-state index is 0.170. The van der Waals surface area contributed by atoms with Crippen molar-refractivity contribution in [3.8, 4) is 17.6 Å². The van der Waals surface area contributed by atoms with Gasteiger partial charge in [0.1, 0.15) is 11.9 Å². The topological polar surface area (TPSA) is 38.7 Å². The van der Waals surface area contributed by atoms with E-state index in [0.29, 0.717) is 6.61 Å². The van der Waals surface area contributed by atoms with Crippen LogP contribution in [0.5, 0.6) is 5.75 Å². The monoisotopic (exact) mass is 306 g/mol. The highest BCUT2D eigenvalue weighted by atomic mass is 28.4. The van der Waals surface area contributed by atoms with E-state index < -0.39 is 14.4 Å². The van der Waals surface area contributed by atoms with Gasteiger partial charge in [0.25, 0.3) is 0 Å². The standard InChI is InChI=1S/C17H26O3Si/c1-17(2,3)21(5,6)20-13-7-8-16(18)14-9-11-15(19-4)12-10-14/h9-12,16,18H,13H2,1-6H3. The van der Waals surface area contributed by atoms with Crippen molar-refractivity contribution in [2.24, 2.45) is 0 Å². The van der Waals surface area contributed by atoms with E-state index in [-0.39, 0.29) is 5.04 Å². The van der Waals surface area contributed by atoms with Gasteiger partial charge in [-0.3, -0.25) is 0 Å². The predicted molar refractivity (Wildman–Crippen MR) is 88.9 cm³/mol. The van der Waals surface area contributed by atoms with Crippen LogP contribution in [0.3, 0.4) is 0 Å². The van der Waals surface area contributed by atoms with Crippen LogP contribution < -0.4 is 4.74 Å². The van der Waals surface area contributed by atoms with Crippen molar-refractivity contribution in [3.05, 3.63) is 29.8 Å². The molecule has 0 spiro atoms. The average Bonchev–Trinajstić information content (AvgIpc) is 2.42. The highest BCUT2D eigenvalue weighted by Gasteiger charge is 2.36. The molecule has 116 valence electrons. The summed E-state index contributed by atoms with van der Waals surface area (Å²) in [6, 6.07) is 7.25. The van der Waals surface area contributed by atoms with Gasteiger partial charge in [0.2, 0.25) is 0 Å². The fourth-order valence-corrected chi connectivity index (χ4v) is 2.31. The molecule has 0 aliphatic heterocycles. The minimum Gasteiger partial charge on any atom is -0.497 e. The fourth-order valence-electron chi connectivity index (χ4n) is 1.44. The van der Waals surface area contributed by atoms with E-state index in [2.05, 4.69) is 45.7 Å². The summed E-state index contributed by atoms with van der Waals surface area (Å²) < 4.78 is 11.0. The summed E-state index contributed by atoms with van der Waals surface area (Å²) in [6.07, 6.45) is -0.793. The van der Waals surface area contributed by atoms with E-state index in [4.69, 9.17) is 9.16 Å². The third-order valence-electron chi connectivity index (χ3n) is 3.98. The van der Waals surface area contributed by atoms with Gasteiger partial charge in [-0.2, -0.15) is 0 Å². The molecule has 1 atom stereocenters. The number of hydrogen-bond donors (Lipinski definition) is 1. The van der Waals surface area contributed by atoms with Crippen LogP contribution in [0.4, 0.5) is 0 Å². The molecule has 0 fully saturated rings. The van der Waals surface area contributed by atoms with Crippen molar-refractivity contribution in [1.29, 1.82) is 0 Å². The molecule has 1 aromatic rings. The Labute approximate surface area is 129 Å². The Balaban J connectivity index is 2.58. The maximum absolute atomic E-state index is 10.0. The molecule has 0 aliphatic rings. The van der Waals surface area contributed by atoms with Gasteiger partial charge in [-0.1, -0.05) is 44.7 Å². The summed E-state index contributed by atoms with van der Waals surface area (Å²) in [5.41, 5.74) is 0.760. The van der Waals surface area contributed by atoms with Crippen LogP contribution >= 0.6 is 0 Å². The van der Waals surface area contributed by atoms with Gasteiger partial charge in [-0.05, 0) is 35.8 Å². The lowest BCUT2D eigenvalue weighted by atomic mass is 10.1. The molecule has 0 bridgehead atoms. The van der Waals surface area contributed by atoms with Crippen LogP contribution in [-0.2, 0) is 4.43 Å². The number of benzene rings is 1. The first-order chi connectivity index (χ1) is 9.67. The number of rotatable bonds is 4. The molecule has 21 heavy (non-hydrogen) atoms. The summed E-state index contributed by atoms with van der Waals surface area (Å²) in [7, 11) is -0.155. The Hall–Kier alpha value is -1.28.